The van der Waals surface area contributed by atoms with Crippen LogP contribution in [0.4, 0.5) is 11.5 Å². The van der Waals surface area contributed by atoms with Gasteiger partial charge in [0.05, 0.1) is 25.0 Å². The molecule has 0 aliphatic rings. The second-order valence-electron chi connectivity index (χ2n) is 4.34. The van der Waals surface area contributed by atoms with E-state index in [0.29, 0.717) is 30.2 Å². The van der Waals surface area contributed by atoms with Gasteiger partial charge >= 0.3 is 5.97 Å². The van der Waals surface area contributed by atoms with Crippen molar-refractivity contribution in [3.63, 3.8) is 0 Å². The van der Waals surface area contributed by atoms with E-state index in [4.69, 9.17) is 10.5 Å². The molecule has 0 spiro atoms. The minimum atomic E-state index is -0.467. The molecule has 3 N–H and O–H groups in total. The number of nitrogens with zero attached hydrogens (tertiary/aromatic N) is 2. The number of pyridine rings is 1. The first-order valence-corrected chi connectivity index (χ1v) is 6.34. The lowest BCUT2D eigenvalue weighted by molar-refractivity contribution is 0.0602. The standard InChI is InChI=1S/C13H22N4O3/c1-17(8-9-19-2)7-6-16-12-11(14)10(4-5-15-12)13(18)20-3/h4-5H,6-9,14H2,1-3H3,(H,15,16). The fourth-order valence-electron chi connectivity index (χ4n) is 1.63. The first-order chi connectivity index (χ1) is 9.60. The van der Waals surface area contributed by atoms with Crippen LogP contribution in [0.3, 0.4) is 0 Å². The summed E-state index contributed by atoms with van der Waals surface area (Å²) < 4.78 is 9.67. The van der Waals surface area contributed by atoms with E-state index in [9.17, 15) is 4.79 Å². The number of carbonyl (C=O) groups is 1. The molecule has 0 fully saturated rings. The molecule has 20 heavy (non-hydrogen) atoms. The average Bonchev–Trinajstić information content (AvgIpc) is 2.46. The van der Waals surface area contributed by atoms with Gasteiger partial charge in [-0.05, 0) is 13.1 Å². The number of nitrogens with two attached hydrogens (primary N) is 1. The molecule has 0 saturated carbocycles. The Balaban J connectivity index is 2.54. The molecule has 0 aromatic carbocycles. The van der Waals surface area contributed by atoms with E-state index in [1.165, 1.54) is 19.4 Å². The van der Waals surface area contributed by atoms with Crippen LogP contribution in [0.1, 0.15) is 10.4 Å². The van der Waals surface area contributed by atoms with E-state index >= 15 is 0 Å². The van der Waals surface area contributed by atoms with Crippen molar-refractivity contribution in [3.8, 4) is 0 Å². The summed E-state index contributed by atoms with van der Waals surface area (Å²) in [5.74, 6) is 0.0261. The van der Waals surface area contributed by atoms with E-state index in [2.05, 4.69) is 19.9 Å². The molecule has 0 unspecified atom stereocenters. The van der Waals surface area contributed by atoms with Crippen LogP contribution in [0, 0.1) is 0 Å². The SMILES string of the molecule is COCCN(C)CCNc1nccc(C(=O)OC)c1N. The topological polar surface area (TPSA) is 89.7 Å². The summed E-state index contributed by atoms with van der Waals surface area (Å²) in [6.45, 7) is 3.02. The third kappa shape index (κ3) is 4.67. The minimum Gasteiger partial charge on any atom is -0.465 e. The first-order valence-electron chi connectivity index (χ1n) is 6.34. The predicted octanol–water partition coefficient (Wildman–Crippen LogP) is 0.441. The molecule has 0 aliphatic carbocycles. The number of ether oxygens (including phenoxy) is 2. The number of hydrogen-bond acceptors (Lipinski definition) is 7. The van der Waals surface area contributed by atoms with E-state index in [-0.39, 0.29) is 0 Å². The summed E-state index contributed by atoms with van der Waals surface area (Å²) in [4.78, 5) is 17.8. The molecular weight excluding hydrogens is 260 g/mol. The normalized spacial score (nSPS) is 10.6. The molecule has 1 rings (SSSR count). The van der Waals surface area contributed by atoms with Gasteiger partial charge in [-0.25, -0.2) is 9.78 Å². The van der Waals surface area contributed by atoms with E-state index in [1.807, 2.05) is 7.05 Å². The molecule has 0 saturated heterocycles. The number of hydrogen-bond donors (Lipinski definition) is 2. The van der Waals surface area contributed by atoms with Gasteiger partial charge in [0, 0.05) is 32.9 Å². The number of likely N-dealkylation sites (N-methyl/N-ethyl adjacent to an activating group) is 1. The average molecular weight is 282 g/mol. The molecule has 7 heteroatoms. The number of methoxy groups -OCH3 is 2. The van der Waals surface area contributed by atoms with E-state index in [1.54, 1.807) is 7.11 Å². The Morgan fingerprint density at radius 2 is 2.20 bits per heavy atom. The Morgan fingerprint density at radius 1 is 1.45 bits per heavy atom. The Hall–Kier alpha value is -1.86. The van der Waals surface area contributed by atoms with Gasteiger partial charge in [-0.1, -0.05) is 0 Å². The molecule has 0 aliphatic heterocycles. The van der Waals surface area contributed by atoms with Gasteiger partial charge in [0.1, 0.15) is 5.82 Å². The number of rotatable bonds is 8. The van der Waals surface area contributed by atoms with Crippen LogP contribution in [0.2, 0.25) is 0 Å². The number of esters is 1. The highest BCUT2D eigenvalue weighted by Crippen LogP contribution is 2.20. The number of nitrogen functional groups attached to an aromatic ring is 1. The van der Waals surface area contributed by atoms with Crippen LogP contribution in [0.15, 0.2) is 12.3 Å². The third-order valence-corrected chi connectivity index (χ3v) is 2.86. The maximum absolute atomic E-state index is 11.5. The smallest absolute Gasteiger partial charge is 0.340 e. The Kier molecular flexibility index (Phi) is 6.75. The van der Waals surface area contributed by atoms with Crippen molar-refractivity contribution in [2.75, 3.05) is 58.6 Å². The fraction of sp³-hybridized carbons (Fsp3) is 0.538. The summed E-state index contributed by atoms with van der Waals surface area (Å²) >= 11 is 0. The summed E-state index contributed by atoms with van der Waals surface area (Å²) in [5, 5.41) is 3.11. The molecule has 1 aromatic heterocycles. The molecule has 1 aromatic rings. The fourth-order valence-corrected chi connectivity index (χ4v) is 1.63. The van der Waals surface area contributed by atoms with E-state index < -0.39 is 5.97 Å². The van der Waals surface area contributed by atoms with Gasteiger partial charge < -0.3 is 25.4 Å². The van der Waals surface area contributed by atoms with Crippen molar-refractivity contribution in [3.05, 3.63) is 17.8 Å². The van der Waals surface area contributed by atoms with Crippen molar-refractivity contribution in [1.82, 2.24) is 9.88 Å². The summed E-state index contributed by atoms with van der Waals surface area (Å²) in [7, 11) is 5.00. The van der Waals surface area contributed by atoms with Crippen molar-refractivity contribution in [2.24, 2.45) is 0 Å². The van der Waals surface area contributed by atoms with Gasteiger partial charge in [0.15, 0.2) is 0 Å². The zero-order valence-electron chi connectivity index (χ0n) is 12.2. The Bertz CT molecular complexity index is 440. The molecule has 0 atom stereocenters. The van der Waals surface area contributed by atoms with Gasteiger partial charge in [-0.15, -0.1) is 0 Å². The maximum atomic E-state index is 11.5. The zero-order valence-corrected chi connectivity index (χ0v) is 12.2. The van der Waals surface area contributed by atoms with Crippen molar-refractivity contribution < 1.29 is 14.3 Å². The monoisotopic (exact) mass is 282 g/mol. The molecule has 1 heterocycles. The van der Waals surface area contributed by atoms with Gasteiger partial charge in [0.2, 0.25) is 0 Å². The molecule has 0 bridgehead atoms. The zero-order chi connectivity index (χ0) is 15.0. The van der Waals surface area contributed by atoms with Gasteiger partial charge in [-0.2, -0.15) is 0 Å². The van der Waals surface area contributed by atoms with Crippen molar-refractivity contribution in [1.29, 1.82) is 0 Å². The number of anilines is 2. The van der Waals surface area contributed by atoms with Crippen LogP contribution >= 0.6 is 0 Å². The number of nitrogens with one attached hydrogen (secondary N) is 1. The van der Waals surface area contributed by atoms with E-state index in [0.717, 1.165) is 13.1 Å². The largest absolute Gasteiger partial charge is 0.465 e. The van der Waals surface area contributed by atoms with Gasteiger partial charge in [0.25, 0.3) is 0 Å². The van der Waals surface area contributed by atoms with Crippen LogP contribution < -0.4 is 11.1 Å². The second-order valence-corrected chi connectivity index (χ2v) is 4.34. The summed E-state index contributed by atoms with van der Waals surface area (Å²) in [6, 6.07) is 1.54. The molecule has 0 radical (unpaired) electrons. The van der Waals surface area contributed by atoms with Crippen molar-refractivity contribution >= 4 is 17.5 Å². The lowest BCUT2D eigenvalue weighted by atomic mass is 10.2. The van der Waals surface area contributed by atoms with Crippen molar-refractivity contribution in [2.45, 2.75) is 0 Å². The highest BCUT2D eigenvalue weighted by Gasteiger charge is 2.13. The maximum Gasteiger partial charge on any atom is 0.340 e. The van der Waals surface area contributed by atoms with Crippen LogP contribution in [0.25, 0.3) is 0 Å². The lowest BCUT2D eigenvalue weighted by Gasteiger charge is -2.17. The Labute approximate surface area is 119 Å². The second kappa shape index (κ2) is 8.34. The summed E-state index contributed by atoms with van der Waals surface area (Å²) in [5.41, 5.74) is 6.52. The highest BCUT2D eigenvalue weighted by atomic mass is 16.5. The molecule has 112 valence electrons. The summed E-state index contributed by atoms with van der Waals surface area (Å²) in [6.07, 6.45) is 1.53. The van der Waals surface area contributed by atoms with Gasteiger partial charge in [-0.3, -0.25) is 0 Å². The number of aromatic nitrogens is 1. The first kappa shape index (κ1) is 16.2. The minimum absolute atomic E-state index is 0.305. The van der Waals surface area contributed by atoms with Crippen LogP contribution in [-0.4, -0.2) is 63.4 Å². The lowest BCUT2D eigenvalue weighted by Crippen LogP contribution is -2.28. The van der Waals surface area contributed by atoms with Crippen LogP contribution in [-0.2, 0) is 9.47 Å². The quantitative estimate of drug-likeness (QED) is 0.669. The predicted molar refractivity (Wildman–Crippen MR) is 77.9 cm³/mol. The molecule has 0 amide bonds. The number of carbonyl (C=O) groups excluding carboxylic acids is 1. The molecule has 7 nitrogen and oxygen atoms in total. The van der Waals surface area contributed by atoms with Crippen LogP contribution in [0.5, 0.6) is 0 Å². The third-order valence-electron chi connectivity index (χ3n) is 2.86. The highest BCUT2D eigenvalue weighted by molar-refractivity contribution is 5.97. The Morgan fingerprint density at radius 3 is 2.85 bits per heavy atom. The molecular formula is C13H22N4O3.